The van der Waals surface area contributed by atoms with Crippen molar-refractivity contribution in [2.45, 2.75) is 20.0 Å². The van der Waals surface area contributed by atoms with Crippen LogP contribution in [0.25, 0.3) is 0 Å². The predicted molar refractivity (Wildman–Crippen MR) is 94.3 cm³/mol. The first-order chi connectivity index (χ1) is 10.5. The monoisotopic (exact) mass is 409 g/mol. The summed E-state index contributed by atoms with van der Waals surface area (Å²) in [5.74, 6) is 0.217. The molecule has 22 heavy (non-hydrogen) atoms. The lowest BCUT2D eigenvalue weighted by Crippen LogP contribution is -2.30. The summed E-state index contributed by atoms with van der Waals surface area (Å²) in [6.45, 7) is 3.16. The van der Waals surface area contributed by atoms with Gasteiger partial charge in [0.05, 0.1) is 0 Å². The summed E-state index contributed by atoms with van der Waals surface area (Å²) in [4.78, 5) is 23.5. The fourth-order valence-corrected chi connectivity index (χ4v) is 2.18. The first-order valence-corrected chi connectivity index (χ1v) is 7.87. The van der Waals surface area contributed by atoms with Gasteiger partial charge in [0.15, 0.2) is 11.9 Å². The van der Waals surface area contributed by atoms with E-state index in [0.717, 1.165) is 9.26 Å². The average Bonchev–Trinajstić information content (AvgIpc) is 2.49. The zero-order chi connectivity index (χ0) is 16.1. The predicted octanol–water partition coefficient (Wildman–Crippen LogP) is 3.90. The molecule has 0 heterocycles. The number of Topliss-reactive ketones (excluding diaryl/α,β-unsaturated/α-hetero) is 1. The molecule has 1 N–H and O–H groups in total. The summed E-state index contributed by atoms with van der Waals surface area (Å²) in [5, 5.41) is 2.79. The SMILES string of the molecule is CC(=O)c1cccc(O[C@@H](C)C(=O)Nc2ccc(I)cc2)c1. The highest BCUT2D eigenvalue weighted by Gasteiger charge is 2.15. The first kappa shape index (κ1) is 16.5. The van der Waals surface area contributed by atoms with Crippen molar-refractivity contribution < 1.29 is 14.3 Å². The van der Waals surface area contributed by atoms with Gasteiger partial charge in [-0.1, -0.05) is 12.1 Å². The second-order valence-corrected chi connectivity index (χ2v) is 6.09. The summed E-state index contributed by atoms with van der Waals surface area (Å²) in [6, 6.07) is 14.3. The zero-order valence-electron chi connectivity index (χ0n) is 12.3. The molecule has 0 bridgehead atoms. The van der Waals surface area contributed by atoms with Crippen LogP contribution in [0.5, 0.6) is 5.75 Å². The third kappa shape index (κ3) is 4.56. The Morgan fingerprint density at radius 1 is 1.14 bits per heavy atom. The fraction of sp³-hybridized carbons (Fsp3) is 0.176. The van der Waals surface area contributed by atoms with Crippen LogP contribution < -0.4 is 10.1 Å². The topological polar surface area (TPSA) is 55.4 Å². The minimum Gasteiger partial charge on any atom is -0.481 e. The number of ketones is 1. The van der Waals surface area contributed by atoms with Crippen molar-refractivity contribution in [3.05, 3.63) is 57.7 Å². The molecular weight excluding hydrogens is 393 g/mol. The number of amides is 1. The first-order valence-electron chi connectivity index (χ1n) is 6.80. The quantitative estimate of drug-likeness (QED) is 0.602. The lowest BCUT2D eigenvalue weighted by atomic mass is 10.1. The van der Waals surface area contributed by atoms with Crippen LogP contribution in [0.2, 0.25) is 0 Å². The molecule has 114 valence electrons. The Bertz CT molecular complexity index is 683. The van der Waals surface area contributed by atoms with E-state index < -0.39 is 6.10 Å². The fourth-order valence-electron chi connectivity index (χ4n) is 1.82. The molecular formula is C17H16INO3. The summed E-state index contributed by atoms with van der Waals surface area (Å²) < 4.78 is 6.70. The second-order valence-electron chi connectivity index (χ2n) is 4.84. The molecule has 1 amide bonds. The molecule has 2 aromatic rings. The molecule has 0 aromatic heterocycles. The number of nitrogens with one attached hydrogen (secondary N) is 1. The Hall–Kier alpha value is -1.89. The van der Waals surface area contributed by atoms with Gasteiger partial charge < -0.3 is 10.1 Å². The van der Waals surface area contributed by atoms with E-state index in [1.807, 2.05) is 24.3 Å². The largest absolute Gasteiger partial charge is 0.481 e. The van der Waals surface area contributed by atoms with Gasteiger partial charge in [0.25, 0.3) is 5.91 Å². The lowest BCUT2D eigenvalue weighted by Gasteiger charge is -2.15. The number of carbonyl (C=O) groups is 2. The summed E-state index contributed by atoms with van der Waals surface area (Å²) in [5.41, 5.74) is 1.28. The van der Waals surface area contributed by atoms with Gasteiger partial charge in [0.2, 0.25) is 0 Å². The number of carbonyl (C=O) groups excluding carboxylic acids is 2. The molecule has 0 fully saturated rings. The molecule has 0 unspecified atom stereocenters. The van der Waals surface area contributed by atoms with Crippen molar-refractivity contribution >= 4 is 40.0 Å². The number of hydrogen-bond donors (Lipinski definition) is 1. The van der Waals surface area contributed by atoms with Gasteiger partial charge >= 0.3 is 0 Å². The third-order valence-electron chi connectivity index (χ3n) is 3.03. The summed E-state index contributed by atoms with van der Waals surface area (Å²) in [7, 11) is 0. The van der Waals surface area contributed by atoms with Crippen LogP contribution in [0, 0.1) is 3.57 Å². The molecule has 0 saturated carbocycles. The second kappa shape index (κ2) is 7.40. The van der Waals surface area contributed by atoms with Crippen LogP contribution in [0.3, 0.4) is 0 Å². The van der Waals surface area contributed by atoms with Gasteiger partial charge in [-0.25, -0.2) is 0 Å². The maximum Gasteiger partial charge on any atom is 0.265 e. The van der Waals surface area contributed by atoms with E-state index in [1.54, 1.807) is 31.2 Å². The normalized spacial score (nSPS) is 11.6. The Morgan fingerprint density at radius 3 is 2.45 bits per heavy atom. The molecule has 0 saturated heterocycles. The van der Waals surface area contributed by atoms with Gasteiger partial charge in [-0.15, -0.1) is 0 Å². The Morgan fingerprint density at radius 2 is 1.82 bits per heavy atom. The Kier molecular flexibility index (Phi) is 5.54. The van der Waals surface area contributed by atoms with E-state index in [4.69, 9.17) is 4.74 Å². The van der Waals surface area contributed by atoms with Crippen LogP contribution in [0.4, 0.5) is 5.69 Å². The number of anilines is 1. The van der Waals surface area contributed by atoms with Crippen molar-refractivity contribution in [2.24, 2.45) is 0 Å². The summed E-state index contributed by atoms with van der Waals surface area (Å²) in [6.07, 6.45) is -0.665. The Labute approximate surface area is 143 Å². The van der Waals surface area contributed by atoms with Crippen molar-refractivity contribution in [1.82, 2.24) is 0 Å². The molecule has 2 rings (SSSR count). The van der Waals surface area contributed by atoms with Gasteiger partial charge in [-0.05, 0) is 72.8 Å². The highest BCUT2D eigenvalue weighted by Crippen LogP contribution is 2.17. The lowest BCUT2D eigenvalue weighted by molar-refractivity contribution is -0.122. The smallest absolute Gasteiger partial charge is 0.265 e. The number of rotatable bonds is 5. The molecule has 0 spiro atoms. The van der Waals surface area contributed by atoms with Crippen LogP contribution in [0.15, 0.2) is 48.5 Å². The molecule has 2 aromatic carbocycles. The molecule has 0 aliphatic rings. The minimum absolute atomic E-state index is 0.0403. The van der Waals surface area contributed by atoms with E-state index in [2.05, 4.69) is 27.9 Å². The van der Waals surface area contributed by atoms with Gasteiger partial charge in [-0.3, -0.25) is 9.59 Å². The minimum atomic E-state index is -0.665. The summed E-state index contributed by atoms with van der Waals surface area (Å²) >= 11 is 2.20. The molecule has 4 nitrogen and oxygen atoms in total. The highest BCUT2D eigenvalue weighted by atomic mass is 127. The molecule has 0 aliphatic heterocycles. The Balaban J connectivity index is 2.00. The third-order valence-corrected chi connectivity index (χ3v) is 3.75. The van der Waals surface area contributed by atoms with Crippen molar-refractivity contribution in [3.63, 3.8) is 0 Å². The van der Waals surface area contributed by atoms with Gasteiger partial charge in [0.1, 0.15) is 5.75 Å². The number of hydrogen-bond acceptors (Lipinski definition) is 3. The van der Waals surface area contributed by atoms with Gasteiger partial charge in [-0.2, -0.15) is 0 Å². The number of benzene rings is 2. The standard InChI is InChI=1S/C17H16INO3/c1-11(20)13-4-3-5-16(10-13)22-12(2)17(21)19-15-8-6-14(18)7-9-15/h3-10,12H,1-2H3,(H,19,21)/t12-/m0/s1. The number of halogens is 1. The van der Waals surface area contributed by atoms with E-state index in [0.29, 0.717) is 11.3 Å². The van der Waals surface area contributed by atoms with Crippen LogP contribution in [-0.4, -0.2) is 17.8 Å². The maximum atomic E-state index is 12.1. The van der Waals surface area contributed by atoms with Crippen molar-refractivity contribution in [3.8, 4) is 5.75 Å². The highest BCUT2D eigenvalue weighted by molar-refractivity contribution is 14.1. The molecule has 0 radical (unpaired) electrons. The van der Waals surface area contributed by atoms with Crippen molar-refractivity contribution in [2.75, 3.05) is 5.32 Å². The molecule has 5 heteroatoms. The van der Waals surface area contributed by atoms with Crippen molar-refractivity contribution in [1.29, 1.82) is 0 Å². The van der Waals surface area contributed by atoms with E-state index in [-0.39, 0.29) is 11.7 Å². The van der Waals surface area contributed by atoms with Gasteiger partial charge in [0, 0.05) is 14.8 Å². The van der Waals surface area contributed by atoms with E-state index in [1.165, 1.54) is 6.92 Å². The molecule has 1 atom stereocenters. The number of ether oxygens (including phenoxy) is 1. The van der Waals surface area contributed by atoms with E-state index in [9.17, 15) is 9.59 Å². The van der Waals surface area contributed by atoms with E-state index >= 15 is 0 Å². The average molecular weight is 409 g/mol. The zero-order valence-corrected chi connectivity index (χ0v) is 14.5. The maximum absolute atomic E-state index is 12.1. The van der Waals surface area contributed by atoms with Crippen LogP contribution in [0.1, 0.15) is 24.2 Å². The molecule has 0 aliphatic carbocycles. The van der Waals surface area contributed by atoms with Crippen LogP contribution in [-0.2, 0) is 4.79 Å². The van der Waals surface area contributed by atoms with Crippen LogP contribution >= 0.6 is 22.6 Å².